The molecule has 0 bridgehead atoms. The van der Waals surface area contributed by atoms with Crippen molar-refractivity contribution in [3.05, 3.63) is 29.8 Å². The van der Waals surface area contributed by atoms with Crippen LogP contribution in [0.5, 0.6) is 0 Å². The van der Waals surface area contributed by atoms with E-state index in [1.165, 1.54) is 0 Å². The Bertz CT molecular complexity index is 955. The number of rotatable bonds is 12. The van der Waals surface area contributed by atoms with Gasteiger partial charge in [0, 0.05) is 12.2 Å². The van der Waals surface area contributed by atoms with E-state index in [1.54, 1.807) is 58.9 Å². The Labute approximate surface area is 217 Å². The highest BCUT2D eigenvalue weighted by Crippen LogP contribution is 2.13. The van der Waals surface area contributed by atoms with Crippen molar-refractivity contribution in [2.75, 3.05) is 11.9 Å². The fraction of sp³-hybridized carbons (Fsp3) is 0.542. The quantitative estimate of drug-likeness (QED) is 0.162. The minimum Gasteiger partial charge on any atom is -0.444 e. The van der Waals surface area contributed by atoms with Crippen LogP contribution in [0.25, 0.3) is 0 Å². The molecule has 12 heteroatoms. The highest BCUT2D eigenvalue weighted by molar-refractivity contribution is 7.78. The van der Waals surface area contributed by atoms with Gasteiger partial charge in [0.15, 0.2) is 0 Å². The number of hydrogen-bond acceptors (Lipinski definition) is 7. The summed E-state index contributed by atoms with van der Waals surface area (Å²) in [6.45, 7) is 9.29. The molecule has 0 heterocycles. The maximum atomic E-state index is 13.1. The van der Waals surface area contributed by atoms with Crippen molar-refractivity contribution < 1.29 is 23.9 Å². The Morgan fingerprint density at radius 3 is 2.25 bits per heavy atom. The SMILES string of the molecule is CC(C)C(NC(=O)OC(C)(C)C)C(=O)NC(CCCNC(N)=O)C(=O)Nc1ccc(CN=C=S)cc1. The van der Waals surface area contributed by atoms with Gasteiger partial charge in [0.2, 0.25) is 11.8 Å². The summed E-state index contributed by atoms with van der Waals surface area (Å²) in [5.41, 5.74) is 5.77. The fourth-order valence-electron chi connectivity index (χ4n) is 3.06. The summed E-state index contributed by atoms with van der Waals surface area (Å²) in [4.78, 5) is 53.2. The number of nitrogens with two attached hydrogens (primary N) is 1. The highest BCUT2D eigenvalue weighted by atomic mass is 32.1. The zero-order chi connectivity index (χ0) is 27.3. The van der Waals surface area contributed by atoms with Crippen molar-refractivity contribution in [1.82, 2.24) is 16.0 Å². The molecule has 11 nitrogen and oxygen atoms in total. The molecule has 0 saturated heterocycles. The maximum Gasteiger partial charge on any atom is 0.408 e. The van der Waals surface area contributed by atoms with Gasteiger partial charge in [-0.15, -0.1) is 0 Å². The second-order valence-electron chi connectivity index (χ2n) is 9.46. The van der Waals surface area contributed by atoms with Gasteiger partial charge in [0.05, 0.1) is 11.7 Å². The average Bonchev–Trinajstić information content (AvgIpc) is 2.77. The molecule has 0 aliphatic heterocycles. The van der Waals surface area contributed by atoms with Crippen molar-refractivity contribution in [2.45, 2.75) is 71.7 Å². The molecule has 0 aliphatic carbocycles. The molecule has 0 aliphatic rings. The van der Waals surface area contributed by atoms with Crippen LogP contribution in [0.3, 0.4) is 0 Å². The first kappa shape index (κ1) is 30.5. The Balaban J connectivity index is 2.95. The van der Waals surface area contributed by atoms with Crippen LogP contribution in [-0.2, 0) is 20.9 Å². The summed E-state index contributed by atoms with van der Waals surface area (Å²) >= 11 is 4.57. The van der Waals surface area contributed by atoms with Gasteiger partial charge in [-0.1, -0.05) is 26.0 Å². The topological polar surface area (TPSA) is 164 Å². The molecule has 0 radical (unpaired) electrons. The van der Waals surface area contributed by atoms with Crippen LogP contribution in [0, 0.1) is 5.92 Å². The summed E-state index contributed by atoms with van der Waals surface area (Å²) in [7, 11) is 0. The summed E-state index contributed by atoms with van der Waals surface area (Å²) in [5.74, 6) is -1.26. The minimum atomic E-state index is -0.937. The van der Waals surface area contributed by atoms with E-state index in [0.29, 0.717) is 18.7 Å². The number of thiocarbonyl (C=S) groups is 1. The van der Waals surface area contributed by atoms with E-state index in [9.17, 15) is 19.2 Å². The zero-order valence-corrected chi connectivity index (χ0v) is 22.2. The number of carbonyl (C=O) groups excluding carboxylic acids is 4. The van der Waals surface area contributed by atoms with Gasteiger partial charge in [-0.3, -0.25) is 9.59 Å². The highest BCUT2D eigenvalue weighted by Gasteiger charge is 2.30. The molecule has 36 heavy (non-hydrogen) atoms. The monoisotopic (exact) mass is 520 g/mol. The van der Waals surface area contributed by atoms with E-state index in [-0.39, 0.29) is 18.9 Å². The van der Waals surface area contributed by atoms with Gasteiger partial charge >= 0.3 is 12.1 Å². The molecular formula is C24H36N6O5S. The molecular weight excluding hydrogens is 484 g/mol. The van der Waals surface area contributed by atoms with Gasteiger partial charge in [-0.05, 0) is 69.4 Å². The van der Waals surface area contributed by atoms with E-state index in [0.717, 1.165) is 5.56 Å². The number of anilines is 1. The predicted octanol–water partition coefficient (Wildman–Crippen LogP) is 2.71. The number of aliphatic imine (C=N–C) groups is 1. The molecule has 0 fully saturated rings. The van der Waals surface area contributed by atoms with Crippen molar-refractivity contribution >= 4 is 47.0 Å². The second kappa shape index (κ2) is 14.8. The van der Waals surface area contributed by atoms with Gasteiger partial charge in [-0.25, -0.2) is 14.6 Å². The van der Waals surface area contributed by atoms with Gasteiger partial charge < -0.3 is 31.7 Å². The smallest absolute Gasteiger partial charge is 0.408 e. The average molecular weight is 521 g/mol. The standard InChI is InChI=1S/C24H36N6O5S/c1-15(2)19(30-23(34)35-24(3,4)5)21(32)29-18(7-6-12-27-22(25)33)20(31)28-17-10-8-16(9-11-17)13-26-14-36/h8-11,15,18-19H,6-7,12-13H2,1-5H3,(H,28,31)(H,29,32)(H,30,34)(H3,25,27,33). The van der Waals surface area contributed by atoms with Crippen molar-refractivity contribution in [3.8, 4) is 0 Å². The Morgan fingerprint density at radius 2 is 1.72 bits per heavy atom. The third-order valence-corrected chi connectivity index (χ3v) is 4.90. The number of benzene rings is 1. The number of urea groups is 1. The third-order valence-electron chi connectivity index (χ3n) is 4.77. The first-order valence-corrected chi connectivity index (χ1v) is 12.0. The van der Waals surface area contributed by atoms with Crippen LogP contribution in [-0.4, -0.2) is 53.3 Å². The maximum absolute atomic E-state index is 13.1. The number of hydrogen-bond donors (Lipinski definition) is 5. The van der Waals surface area contributed by atoms with E-state index in [4.69, 9.17) is 10.5 Å². The molecule has 6 N–H and O–H groups in total. The van der Waals surface area contributed by atoms with Crippen LogP contribution in [0.4, 0.5) is 15.3 Å². The first-order chi connectivity index (χ1) is 16.8. The van der Waals surface area contributed by atoms with E-state index in [2.05, 4.69) is 43.6 Å². The number of primary amides is 1. The van der Waals surface area contributed by atoms with Gasteiger partial charge in [0.1, 0.15) is 17.7 Å². The number of nitrogens with one attached hydrogen (secondary N) is 4. The normalized spacial score (nSPS) is 12.5. The minimum absolute atomic E-state index is 0.219. The summed E-state index contributed by atoms with van der Waals surface area (Å²) in [6, 6.07) is 4.44. The molecule has 0 saturated carbocycles. The lowest BCUT2D eigenvalue weighted by atomic mass is 10.0. The molecule has 0 spiro atoms. The van der Waals surface area contributed by atoms with Crippen molar-refractivity contribution in [2.24, 2.45) is 16.6 Å². The van der Waals surface area contributed by atoms with E-state index < -0.39 is 41.6 Å². The summed E-state index contributed by atoms with van der Waals surface area (Å²) < 4.78 is 5.26. The Kier molecular flexibility index (Phi) is 12.5. The number of isothiocyanates is 1. The lowest BCUT2D eigenvalue weighted by molar-refractivity contribution is -0.128. The first-order valence-electron chi connectivity index (χ1n) is 11.6. The second-order valence-corrected chi connectivity index (χ2v) is 9.64. The fourth-order valence-corrected chi connectivity index (χ4v) is 3.13. The molecule has 0 aromatic heterocycles. The molecule has 5 amide bonds. The van der Waals surface area contributed by atoms with Crippen LogP contribution < -0.4 is 27.0 Å². The Hall–Kier alpha value is -3.50. The Morgan fingerprint density at radius 1 is 1.08 bits per heavy atom. The van der Waals surface area contributed by atoms with Gasteiger partial charge in [-0.2, -0.15) is 0 Å². The summed E-state index contributed by atoms with van der Waals surface area (Å²) in [5, 5.41) is 12.8. The lowest BCUT2D eigenvalue weighted by Gasteiger charge is -2.27. The molecule has 2 unspecified atom stereocenters. The molecule has 198 valence electrons. The zero-order valence-electron chi connectivity index (χ0n) is 21.3. The number of nitrogens with zero attached hydrogens (tertiary/aromatic N) is 1. The van der Waals surface area contributed by atoms with Gasteiger partial charge in [0.25, 0.3) is 0 Å². The summed E-state index contributed by atoms with van der Waals surface area (Å²) in [6.07, 6.45) is -0.140. The van der Waals surface area contributed by atoms with Crippen LogP contribution >= 0.6 is 12.2 Å². The number of alkyl carbamates (subject to hydrolysis) is 1. The molecule has 1 aromatic carbocycles. The molecule has 1 rings (SSSR count). The van der Waals surface area contributed by atoms with Crippen LogP contribution in [0.1, 0.15) is 53.0 Å². The van der Waals surface area contributed by atoms with E-state index in [1.807, 2.05) is 0 Å². The van der Waals surface area contributed by atoms with E-state index >= 15 is 0 Å². The van der Waals surface area contributed by atoms with Crippen LogP contribution in [0.2, 0.25) is 0 Å². The number of amides is 5. The predicted molar refractivity (Wildman–Crippen MR) is 141 cm³/mol. The lowest BCUT2D eigenvalue weighted by Crippen LogP contribution is -2.55. The largest absolute Gasteiger partial charge is 0.444 e. The molecule has 1 aromatic rings. The van der Waals surface area contributed by atoms with Crippen molar-refractivity contribution in [3.63, 3.8) is 0 Å². The van der Waals surface area contributed by atoms with Crippen molar-refractivity contribution in [1.29, 1.82) is 0 Å². The van der Waals surface area contributed by atoms with Crippen LogP contribution in [0.15, 0.2) is 29.3 Å². The molecule has 2 atom stereocenters. The third kappa shape index (κ3) is 12.3. The number of carbonyl (C=O) groups is 4. The number of ether oxygens (including phenoxy) is 1.